The fourth-order valence-corrected chi connectivity index (χ4v) is 4.11. The molecule has 2 aromatic rings. The molecule has 1 aliphatic rings. The van der Waals surface area contributed by atoms with Crippen LogP contribution < -0.4 is 4.74 Å². The monoisotopic (exact) mass is 358 g/mol. The summed E-state index contributed by atoms with van der Waals surface area (Å²) in [6.45, 7) is 2.05. The van der Waals surface area contributed by atoms with Gasteiger partial charge >= 0.3 is 0 Å². The van der Waals surface area contributed by atoms with Crippen LogP contribution in [0.3, 0.4) is 0 Å². The first-order valence-electron chi connectivity index (χ1n) is 9.23. The lowest BCUT2D eigenvalue weighted by Gasteiger charge is -2.45. The molecule has 0 bridgehead atoms. The molecular formula is C23H22N2O2. The summed E-state index contributed by atoms with van der Waals surface area (Å²) in [4.78, 5) is 13.6. The molecule has 0 amide bonds. The SMILES string of the molecule is CC(c1ccccc1)C1Oc2ccccc2C(=O)C1(CCC#N)CCC#N. The summed E-state index contributed by atoms with van der Waals surface area (Å²) in [5, 5.41) is 18.4. The van der Waals surface area contributed by atoms with Crippen LogP contribution in [0.1, 0.15) is 54.4 Å². The highest BCUT2D eigenvalue weighted by Gasteiger charge is 2.52. The molecule has 4 heteroatoms. The van der Waals surface area contributed by atoms with E-state index in [4.69, 9.17) is 4.74 Å². The minimum Gasteiger partial charge on any atom is -0.488 e. The molecule has 2 unspecified atom stereocenters. The number of rotatable bonds is 6. The Morgan fingerprint density at radius 2 is 1.59 bits per heavy atom. The van der Waals surface area contributed by atoms with Crippen LogP contribution in [0.25, 0.3) is 0 Å². The number of fused-ring (bicyclic) bond motifs is 1. The third-order valence-electron chi connectivity index (χ3n) is 5.53. The average Bonchev–Trinajstić information content (AvgIpc) is 2.72. The Morgan fingerprint density at radius 1 is 1.00 bits per heavy atom. The van der Waals surface area contributed by atoms with Crippen molar-refractivity contribution in [3.63, 3.8) is 0 Å². The number of ketones is 1. The van der Waals surface area contributed by atoms with E-state index in [0.29, 0.717) is 24.2 Å². The Bertz CT molecular complexity index is 875. The van der Waals surface area contributed by atoms with E-state index in [1.807, 2.05) is 48.5 Å². The zero-order valence-corrected chi connectivity index (χ0v) is 15.4. The van der Waals surface area contributed by atoms with E-state index in [1.165, 1.54) is 0 Å². The lowest BCUT2D eigenvalue weighted by atomic mass is 9.64. The maximum Gasteiger partial charge on any atom is 0.176 e. The standard InChI is InChI=1S/C23H22N2O2/c1-17(18-9-3-2-4-10-18)22-23(13-7-15-24,14-8-16-25)21(26)19-11-5-6-12-20(19)27-22/h2-6,9-12,17,22H,7-8,13-14H2,1H3. The van der Waals surface area contributed by atoms with Crippen LogP contribution in [0.4, 0.5) is 0 Å². The van der Waals surface area contributed by atoms with E-state index in [2.05, 4.69) is 19.1 Å². The van der Waals surface area contributed by atoms with E-state index in [9.17, 15) is 15.3 Å². The summed E-state index contributed by atoms with van der Waals surface area (Å²) in [5.74, 6) is 0.517. The summed E-state index contributed by atoms with van der Waals surface area (Å²) >= 11 is 0. The molecule has 0 aliphatic carbocycles. The van der Waals surface area contributed by atoms with Crippen LogP contribution in [0, 0.1) is 28.1 Å². The molecule has 3 rings (SSSR count). The van der Waals surface area contributed by atoms with Gasteiger partial charge in [-0.25, -0.2) is 0 Å². The van der Waals surface area contributed by atoms with Crippen LogP contribution in [0.2, 0.25) is 0 Å². The topological polar surface area (TPSA) is 73.9 Å². The third kappa shape index (κ3) is 3.44. The second-order valence-electron chi connectivity index (χ2n) is 7.04. The first-order valence-corrected chi connectivity index (χ1v) is 9.23. The molecule has 0 aromatic heterocycles. The molecule has 27 heavy (non-hydrogen) atoms. The van der Waals surface area contributed by atoms with Gasteiger partial charge in [0.1, 0.15) is 11.9 Å². The smallest absolute Gasteiger partial charge is 0.176 e. The van der Waals surface area contributed by atoms with Crippen molar-refractivity contribution in [3.8, 4) is 17.9 Å². The summed E-state index contributed by atoms with van der Waals surface area (Å²) in [7, 11) is 0. The lowest BCUT2D eigenvalue weighted by molar-refractivity contribution is 0.00801. The van der Waals surface area contributed by atoms with Crippen LogP contribution >= 0.6 is 0 Å². The molecule has 0 radical (unpaired) electrons. The number of ether oxygens (including phenoxy) is 1. The van der Waals surface area contributed by atoms with Gasteiger partial charge in [0, 0.05) is 18.8 Å². The first kappa shape index (κ1) is 18.7. The van der Waals surface area contributed by atoms with Crippen molar-refractivity contribution >= 4 is 5.78 Å². The van der Waals surface area contributed by atoms with Crippen molar-refractivity contribution in [3.05, 3.63) is 65.7 Å². The van der Waals surface area contributed by atoms with Gasteiger partial charge in [0.2, 0.25) is 0 Å². The largest absolute Gasteiger partial charge is 0.488 e. The molecule has 2 atom stereocenters. The number of hydrogen-bond acceptors (Lipinski definition) is 4. The minimum atomic E-state index is -0.880. The van der Waals surface area contributed by atoms with Gasteiger partial charge in [-0.1, -0.05) is 49.4 Å². The number of para-hydroxylation sites is 1. The van der Waals surface area contributed by atoms with Gasteiger partial charge in [-0.05, 0) is 30.5 Å². The fraction of sp³-hybridized carbons (Fsp3) is 0.348. The highest BCUT2D eigenvalue weighted by molar-refractivity contribution is 6.04. The van der Waals surface area contributed by atoms with Crippen LogP contribution in [-0.4, -0.2) is 11.9 Å². The predicted octanol–water partition coefficient (Wildman–Crippen LogP) is 5.03. The molecule has 0 spiro atoms. The fourth-order valence-electron chi connectivity index (χ4n) is 4.11. The highest BCUT2D eigenvalue weighted by atomic mass is 16.5. The van der Waals surface area contributed by atoms with Gasteiger partial charge in [0.15, 0.2) is 5.78 Å². The third-order valence-corrected chi connectivity index (χ3v) is 5.53. The van der Waals surface area contributed by atoms with Crippen molar-refractivity contribution in [2.75, 3.05) is 0 Å². The van der Waals surface area contributed by atoms with Crippen molar-refractivity contribution in [2.45, 2.75) is 44.6 Å². The molecular weight excluding hydrogens is 336 g/mol. The number of carbonyl (C=O) groups excluding carboxylic acids is 1. The second kappa shape index (κ2) is 8.06. The molecule has 1 aliphatic heterocycles. The Hall–Kier alpha value is -3.11. The zero-order valence-electron chi connectivity index (χ0n) is 15.4. The Balaban J connectivity index is 2.12. The van der Waals surface area contributed by atoms with Gasteiger partial charge in [-0.2, -0.15) is 10.5 Å². The lowest BCUT2D eigenvalue weighted by Crippen LogP contribution is -2.51. The van der Waals surface area contributed by atoms with Gasteiger partial charge in [-0.15, -0.1) is 0 Å². The molecule has 136 valence electrons. The Labute approximate surface area is 160 Å². The predicted molar refractivity (Wildman–Crippen MR) is 102 cm³/mol. The summed E-state index contributed by atoms with van der Waals surface area (Å²) in [6.07, 6.45) is 0.853. The van der Waals surface area contributed by atoms with Gasteiger partial charge in [0.05, 0.1) is 23.1 Å². The number of hydrogen-bond donors (Lipinski definition) is 0. The molecule has 0 saturated carbocycles. The van der Waals surface area contributed by atoms with E-state index in [-0.39, 0.29) is 24.5 Å². The number of carbonyl (C=O) groups is 1. The molecule has 0 N–H and O–H groups in total. The highest BCUT2D eigenvalue weighted by Crippen LogP contribution is 2.49. The quantitative estimate of drug-likeness (QED) is 0.726. The van der Waals surface area contributed by atoms with Crippen LogP contribution in [0.5, 0.6) is 5.75 Å². The number of nitriles is 2. The van der Waals surface area contributed by atoms with Gasteiger partial charge in [-0.3, -0.25) is 4.79 Å². The van der Waals surface area contributed by atoms with E-state index in [1.54, 1.807) is 6.07 Å². The summed E-state index contributed by atoms with van der Waals surface area (Å²) in [6, 6.07) is 21.5. The van der Waals surface area contributed by atoms with Crippen molar-refractivity contribution in [1.29, 1.82) is 10.5 Å². The maximum absolute atomic E-state index is 13.6. The van der Waals surface area contributed by atoms with E-state index < -0.39 is 11.5 Å². The molecule has 0 fully saturated rings. The Morgan fingerprint density at radius 3 is 2.22 bits per heavy atom. The minimum absolute atomic E-state index is 0.0115. The zero-order chi connectivity index (χ0) is 19.3. The van der Waals surface area contributed by atoms with Crippen molar-refractivity contribution in [2.24, 2.45) is 5.41 Å². The van der Waals surface area contributed by atoms with Crippen LogP contribution in [0.15, 0.2) is 54.6 Å². The van der Waals surface area contributed by atoms with Crippen molar-refractivity contribution in [1.82, 2.24) is 0 Å². The average molecular weight is 358 g/mol. The Kier molecular flexibility index (Phi) is 5.57. The molecule has 0 saturated heterocycles. The normalized spacial score (nSPS) is 18.5. The van der Waals surface area contributed by atoms with E-state index in [0.717, 1.165) is 5.56 Å². The van der Waals surface area contributed by atoms with Gasteiger partial charge in [0.25, 0.3) is 0 Å². The molecule has 4 nitrogen and oxygen atoms in total. The molecule has 1 heterocycles. The van der Waals surface area contributed by atoms with Crippen LogP contribution in [-0.2, 0) is 0 Å². The van der Waals surface area contributed by atoms with E-state index >= 15 is 0 Å². The summed E-state index contributed by atoms with van der Waals surface area (Å²) in [5.41, 5.74) is 0.743. The number of benzene rings is 2. The second-order valence-corrected chi connectivity index (χ2v) is 7.04. The molecule has 2 aromatic carbocycles. The maximum atomic E-state index is 13.6. The summed E-state index contributed by atoms with van der Waals surface area (Å²) < 4.78 is 6.39. The number of Topliss-reactive ketones (excluding diaryl/α,β-unsaturated/α-hetero) is 1. The first-order chi connectivity index (χ1) is 13.1. The number of nitrogens with zero attached hydrogens (tertiary/aromatic N) is 2. The van der Waals surface area contributed by atoms with Crippen molar-refractivity contribution < 1.29 is 9.53 Å². The van der Waals surface area contributed by atoms with Gasteiger partial charge < -0.3 is 4.74 Å².